The highest BCUT2D eigenvalue weighted by atomic mass is 16.6. The molecule has 0 saturated carbocycles. The number of hydrogen-bond acceptors (Lipinski definition) is 5. The van der Waals surface area contributed by atoms with Crippen molar-refractivity contribution in [1.29, 1.82) is 0 Å². The third-order valence-corrected chi connectivity index (χ3v) is 3.20. The molecule has 0 bridgehead atoms. The van der Waals surface area contributed by atoms with E-state index in [2.05, 4.69) is 15.3 Å². The van der Waals surface area contributed by atoms with Crippen molar-refractivity contribution in [3.63, 3.8) is 0 Å². The number of hydrogen-bond donors (Lipinski definition) is 1. The molecule has 6 heteroatoms. The molecular weight excluding hydrogens is 256 g/mol. The Morgan fingerprint density at radius 1 is 1.25 bits per heavy atom. The van der Waals surface area contributed by atoms with Gasteiger partial charge in [-0.05, 0) is 26.8 Å². The standard InChI is InChI=1S/C14H16N4O2/c1-9-12(5-4-6-13(9)18(19)20)17-11(3)14-10(2)15-7-8-16-14/h4-8,11,17H,1-3H3. The van der Waals surface area contributed by atoms with Gasteiger partial charge in [-0.15, -0.1) is 0 Å². The molecule has 1 atom stereocenters. The van der Waals surface area contributed by atoms with Crippen molar-refractivity contribution in [2.45, 2.75) is 26.8 Å². The molecule has 2 rings (SSSR count). The summed E-state index contributed by atoms with van der Waals surface area (Å²) >= 11 is 0. The Hall–Kier alpha value is -2.50. The fourth-order valence-corrected chi connectivity index (χ4v) is 2.12. The van der Waals surface area contributed by atoms with Gasteiger partial charge in [0.1, 0.15) is 0 Å². The molecule has 0 aliphatic rings. The van der Waals surface area contributed by atoms with E-state index in [4.69, 9.17) is 0 Å². The van der Waals surface area contributed by atoms with E-state index in [9.17, 15) is 10.1 Å². The second kappa shape index (κ2) is 5.64. The van der Waals surface area contributed by atoms with Crippen molar-refractivity contribution in [2.24, 2.45) is 0 Å². The molecule has 1 aromatic carbocycles. The van der Waals surface area contributed by atoms with E-state index in [1.807, 2.05) is 19.9 Å². The van der Waals surface area contributed by atoms with Crippen molar-refractivity contribution < 1.29 is 4.92 Å². The van der Waals surface area contributed by atoms with Crippen LogP contribution in [0, 0.1) is 24.0 Å². The first-order valence-corrected chi connectivity index (χ1v) is 6.28. The van der Waals surface area contributed by atoms with Crippen LogP contribution in [0.2, 0.25) is 0 Å². The summed E-state index contributed by atoms with van der Waals surface area (Å²) in [6.07, 6.45) is 3.28. The van der Waals surface area contributed by atoms with Crippen LogP contribution in [-0.2, 0) is 0 Å². The zero-order valence-corrected chi connectivity index (χ0v) is 11.6. The van der Waals surface area contributed by atoms with Crippen LogP contribution in [0.25, 0.3) is 0 Å². The summed E-state index contributed by atoms with van der Waals surface area (Å²) in [5.74, 6) is 0. The summed E-state index contributed by atoms with van der Waals surface area (Å²) in [6, 6.07) is 4.91. The van der Waals surface area contributed by atoms with Gasteiger partial charge in [0.05, 0.1) is 22.4 Å². The van der Waals surface area contributed by atoms with Gasteiger partial charge in [0.15, 0.2) is 0 Å². The van der Waals surface area contributed by atoms with Crippen molar-refractivity contribution in [1.82, 2.24) is 9.97 Å². The summed E-state index contributed by atoms with van der Waals surface area (Å²) in [7, 11) is 0. The first-order valence-electron chi connectivity index (χ1n) is 6.28. The third-order valence-electron chi connectivity index (χ3n) is 3.20. The molecule has 1 heterocycles. The molecule has 0 spiro atoms. The average Bonchev–Trinajstić information content (AvgIpc) is 2.41. The van der Waals surface area contributed by atoms with Crippen LogP contribution in [-0.4, -0.2) is 14.9 Å². The molecule has 0 fully saturated rings. The number of aromatic nitrogens is 2. The van der Waals surface area contributed by atoms with Crippen molar-refractivity contribution in [3.8, 4) is 0 Å². The number of aryl methyl sites for hydroxylation is 1. The van der Waals surface area contributed by atoms with Gasteiger partial charge in [-0.2, -0.15) is 0 Å². The fraction of sp³-hybridized carbons (Fsp3) is 0.286. The highest BCUT2D eigenvalue weighted by Gasteiger charge is 2.16. The molecule has 0 amide bonds. The molecule has 6 nitrogen and oxygen atoms in total. The number of nitro benzene ring substituents is 1. The predicted molar refractivity (Wildman–Crippen MR) is 76.6 cm³/mol. The molecule has 1 unspecified atom stereocenters. The fourth-order valence-electron chi connectivity index (χ4n) is 2.12. The normalized spacial score (nSPS) is 11.9. The Labute approximate surface area is 117 Å². The molecule has 1 N–H and O–H groups in total. The molecule has 104 valence electrons. The second-order valence-electron chi connectivity index (χ2n) is 4.60. The largest absolute Gasteiger partial charge is 0.376 e. The quantitative estimate of drug-likeness (QED) is 0.683. The van der Waals surface area contributed by atoms with Crippen LogP contribution in [0.4, 0.5) is 11.4 Å². The maximum atomic E-state index is 10.9. The molecule has 0 saturated heterocycles. The molecule has 0 radical (unpaired) electrons. The first kappa shape index (κ1) is 13.9. The van der Waals surface area contributed by atoms with E-state index in [-0.39, 0.29) is 16.7 Å². The van der Waals surface area contributed by atoms with Crippen molar-refractivity contribution >= 4 is 11.4 Å². The molecule has 20 heavy (non-hydrogen) atoms. The van der Waals surface area contributed by atoms with Crippen LogP contribution in [0.5, 0.6) is 0 Å². The average molecular weight is 272 g/mol. The number of anilines is 1. The van der Waals surface area contributed by atoms with E-state index < -0.39 is 0 Å². The van der Waals surface area contributed by atoms with E-state index in [0.29, 0.717) is 5.56 Å². The van der Waals surface area contributed by atoms with Crippen molar-refractivity contribution in [2.75, 3.05) is 5.32 Å². The zero-order valence-electron chi connectivity index (χ0n) is 11.6. The lowest BCUT2D eigenvalue weighted by atomic mass is 10.1. The summed E-state index contributed by atoms with van der Waals surface area (Å²) < 4.78 is 0. The number of benzene rings is 1. The zero-order chi connectivity index (χ0) is 14.7. The van der Waals surface area contributed by atoms with Gasteiger partial charge in [-0.25, -0.2) is 0 Å². The Morgan fingerprint density at radius 3 is 2.60 bits per heavy atom. The molecule has 0 aliphatic heterocycles. The van der Waals surface area contributed by atoms with Gasteiger partial charge < -0.3 is 5.32 Å². The van der Waals surface area contributed by atoms with E-state index in [1.54, 1.807) is 25.4 Å². The minimum absolute atomic E-state index is 0.0793. The van der Waals surface area contributed by atoms with Crippen LogP contribution in [0.1, 0.15) is 29.9 Å². The van der Waals surface area contributed by atoms with Gasteiger partial charge in [-0.3, -0.25) is 20.1 Å². The minimum Gasteiger partial charge on any atom is -0.376 e. The molecular formula is C14H16N4O2. The second-order valence-corrected chi connectivity index (χ2v) is 4.60. The first-order chi connectivity index (χ1) is 9.50. The van der Waals surface area contributed by atoms with Crippen molar-refractivity contribution in [3.05, 3.63) is 57.7 Å². The summed E-state index contributed by atoms with van der Waals surface area (Å²) in [4.78, 5) is 19.1. The SMILES string of the molecule is Cc1nccnc1C(C)Nc1cccc([N+](=O)[O-])c1C. The maximum Gasteiger partial charge on any atom is 0.274 e. The van der Waals surface area contributed by atoms with Gasteiger partial charge in [0.25, 0.3) is 5.69 Å². The lowest BCUT2D eigenvalue weighted by Gasteiger charge is -2.17. The Morgan fingerprint density at radius 2 is 1.95 bits per heavy atom. The topological polar surface area (TPSA) is 81.0 Å². The number of nitro groups is 1. The Balaban J connectivity index is 2.29. The summed E-state index contributed by atoms with van der Waals surface area (Å²) in [5, 5.41) is 14.2. The summed E-state index contributed by atoms with van der Waals surface area (Å²) in [6.45, 7) is 5.58. The number of rotatable bonds is 4. The van der Waals surface area contributed by atoms with E-state index in [1.165, 1.54) is 6.07 Å². The van der Waals surface area contributed by atoms with Gasteiger partial charge in [0, 0.05) is 29.7 Å². The van der Waals surface area contributed by atoms with E-state index in [0.717, 1.165) is 17.1 Å². The summed E-state index contributed by atoms with van der Waals surface area (Å²) in [5.41, 5.74) is 3.13. The number of nitrogens with one attached hydrogen (secondary N) is 1. The van der Waals surface area contributed by atoms with Crippen LogP contribution in [0.3, 0.4) is 0 Å². The van der Waals surface area contributed by atoms with E-state index >= 15 is 0 Å². The highest BCUT2D eigenvalue weighted by Crippen LogP contribution is 2.28. The Kier molecular flexibility index (Phi) is 3.93. The van der Waals surface area contributed by atoms with Crippen LogP contribution >= 0.6 is 0 Å². The molecule has 2 aromatic rings. The van der Waals surface area contributed by atoms with Gasteiger partial charge in [-0.1, -0.05) is 6.07 Å². The predicted octanol–water partition coefficient (Wildman–Crippen LogP) is 3.17. The highest BCUT2D eigenvalue weighted by molar-refractivity contribution is 5.60. The monoisotopic (exact) mass is 272 g/mol. The third kappa shape index (κ3) is 2.74. The maximum absolute atomic E-state index is 10.9. The van der Waals surface area contributed by atoms with Gasteiger partial charge in [0.2, 0.25) is 0 Å². The lowest BCUT2D eigenvalue weighted by Crippen LogP contribution is -2.12. The smallest absolute Gasteiger partial charge is 0.274 e. The Bertz CT molecular complexity index is 643. The lowest BCUT2D eigenvalue weighted by molar-refractivity contribution is -0.385. The molecule has 0 aliphatic carbocycles. The van der Waals surface area contributed by atoms with Crippen LogP contribution in [0.15, 0.2) is 30.6 Å². The van der Waals surface area contributed by atoms with Gasteiger partial charge >= 0.3 is 0 Å². The number of nitrogens with zero attached hydrogens (tertiary/aromatic N) is 3. The molecule has 1 aromatic heterocycles. The van der Waals surface area contributed by atoms with Crippen LogP contribution < -0.4 is 5.32 Å². The minimum atomic E-state index is -0.376.